The molecule has 5 heteroatoms. The smallest absolute Gasteiger partial charge is 0.274 e. The molecular weight excluding hydrogens is 310 g/mol. The third-order valence-corrected chi connectivity index (χ3v) is 3.41. The zero-order valence-electron chi connectivity index (χ0n) is 12.2. The first-order valence-corrected chi connectivity index (χ1v) is 7.43. The molecule has 3 rings (SSSR count). The van der Waals surface area contributed by atoms with Gasteiger partial charge in [0.05, 0.1) is 0 Å². The highest BCUT2D eigenvalue weighted by Crippen LogP contribution is 2.19. The number of amides is 1. The fraction of sp³-hybridized carbons (Fsp3) is 0. The van der Waals surface area contributed by atoms with Gasteiger partial charge in [-0.1, -0.05) is 29.8 Å². The number of pyridine rings is 1. The van der Waals surface area contributed by atoms with E-state index in [1.165, 1.54) is 0 Å². The van der Waals surface area contributed by atoms with E-state index in [1.54, 1.807) is 30.5 Å². The summed E-state index contributed by atoms with van der Waals surface area (Å²) in [7, 11) is 0. The molecule has 0 bridgehead atoms. The van der Waals surface area contributed by atoms with Crippen LogP contribution in [-0.2, 0) is 0 Å². The molecule has 4 nitrogen and oxygen atoms in total. The fourth-order valence-corrected chi connectivity index (χ4v) is 2.17. The number of hydrogen-bond donors (Lipinski definition) is 2. The monoisotopic (exact) mass is 323 g/mol. The lowest BCUT2D eigenvalue weighted by Crippen LogP contribution is -2.13. The summed E-state index contributed by atoms with van der Waals surface area (Å²) in [5.41, 5.74) is 2.73. The normalized spacial score (nSPS) is 10.1. The van der Waals surface area contributed by atoms with Gasteiger partial charge in [0.25, 0.3) is 5.91 Å². The van der Waals surface area contributed by atoms with Crippen molar-refractivity contribution in [3.05, 3.63) is 83.6 Å². The number of rotatable bonds is 4. The zero-order valence-corrected chi connectivity index (χ0v) is 12.9. The molecule has 0 aliphatic heterocycles. The van der Waals surface area contributed by atoms with E-state index in [9.17, 15) is 4.79 Å². The van der Waals surface area contributed by atoms with Gasteiger partial charge in [0.15, 0.2) is 0 Å². The van der Waals surface area contributed by atoms with Crippen LogP contribution in [0.3, 0.4) is 0 Å². The molecule has 1 heterocycles. The largest absolute Gasteiger partial charge is 0.355 e. The maximum absolute atomic E-state index is 12.2. The van der Waals surface area contributed by atoms with Gasteiger partial charge in [-0.15, -0.1) is 0 Å². The third-order valence-electron chi connectivity index (χ3n) is 3.16. The molecule has 3 aromatic rings. The lowest BCUT2D eigenvalue weighted by Gasteiger charge is -2.08. The third kappa shape index (κ3) is 4.08. The standard InChI is InChI=1S/C18H14ClN3O/c19-13-6-8-15(9-7-13)21-16-10-11-20-17(12-16)18(23)22-14-4-2-1-3-5-14/h1-12H,(H,20,21)(H,22,23). The quantitative estimate of drug-likeness (QED) is 0.729. The predicted molar refractivity (Wildman–Crippen MR) is 93.4 cm³/mol. The van der Waals surface area contributed by atoms with Crippen LogP contribution in [0.2, 0.25) is 5.02 Å². The number of anilines is 3. The van der Waals surface area contributed by atoms with Crippen molar-refractivity contribution in [1.29, 1.82) is 0 Å². The summed E-state index contributed by atoms with van der Waals surface area (Å²) in [6, 6.07) is 20.1. The van der Waals surface area contributed by atoms with E-state index in [-0.39, 0.29) is 5.91 Å². The number of carbonyl (C=O) groups excluding carboxylic acids is 1. The summed E-state index contributed by atoms with van der Waals surface area (Å²) >= 11 is 5.87. The first-order chi connectivity index (χ1) is 11.2. The van der Waals surface area contributed by atoms with Crippen LogP contribution in [0.1, 0.15) is 10.5 Å². The average molecular weight is 324 g/mol. The maximum Gasteiger partial charge on any atom is 0.274 e. The topological polar surface area (TPSA) is 54.0 Å². The molecule has 0 atom stereocenters. The van der Waals surface area contributed by atoms with Crippen LogP contribution in [0.15, 0.2) is 72.9 Å². The Hall–Kier alpha value is -2.85. The number of nitrogens with one attached hydrogen (secondary N) is 2. The molecule has 0 fully saturated rings. The minimum Gasteiger partial charge on any atom is -0.355 e. The van der Waals surface area contributed by atoms with Gasteiger partial charge in [-0.3, -0.25) is 9.78 Å². The number of carbonyl (C=O) groups is 1. The molecule has 23 heavy (non-hydrogen) atoms. The van der Waals surface area contributed by atoms with Crippen LogP contribution in [-0.4, -0.2) is 10.9 Å². The highest BCUT2D eigenvalue weighted by atomic mass is 35.5. The summed E-state index contributed by atoms with van der Waals surface area (Å²) in [5, 5.41) is 6.70. The first kappa shape index (κ1) is 15.1. The Labute approximate surface area is 139 Å². The van der Waals surface area contributed by atoms with E-state index >= 15 is 0 Å². The molecule has 0 aliphatic carbocycles. The molecule has 114 valence electrons. The van der Waals surface area contributed by atoms with Gasteiger partial charge in [0.2, 0.25) is 0 Å². The van der Waals surface area contributed by atoms with Gasteiger partial charge in [-0.2, -0.15) is 0 Å². The zero-order chi connectivity index (χ0) is 16.1. The van der Waals surface area contributed by atoms with Crippen molar-refractivity contribution < 1.29 is 4.79 Å². The van der Waals surface area contributed by atoms with E-state index in [2.05, 4.69) is 15.6 Å². The summed E-state index contributed by atoms with van der Waals surface area (Å²) < 4.78 is 0. The van der Waals surface area contributed by atoms with Gasteiger partial charge in [-0.05, 0) is 48.5 Å². The second kappa shape index (κ2) is 6.94. The van der Waals surface area contributed by atoms with E-state index < -0.39 is 0 Å². The molecule has 0 saturated heterocycles. The van der Waals surface area contributed by atoms with Crippen molar-refractivity contribution in [1.82, 2.24) is 4.98 Å². The summed E-state index contributed by atoms with van der Waals surface area (Å²) in [6.45, 7) is 0. The molecular formula is C18H14ClN3O. The van der Waals surface area contributed by atoms with Crippen molar-refractivity contribution in [3.8, 4) is 0 Å². The van der Waals surface area contributed by atoms with E-state index in [0.29, 0.717) is 10.7 Å². The Bertz CT molecular complexity index is 804. The molecule has 1 aromatic heterocycles. The molecule has 0 saturated carbocycles. The Morgan fingerprint density at radius 2 is 1.61 bits per heavy atom. The van der Waals surface area contributed by atoms with Crippen molar-refractivity contribution in [2.24, 2.45) is 0 Å². The van der Waals surface area contributed by atoms with Gasteiger partial charge in [0, 0.05) is 28.3 Å². The summed E-state index contributed by atoms with van der Waals surface area (Å²) in [4.78, 5) is 16.4. The van der Waals surface area contributed by atoms with E-state index in [4.69, 9.17) is 11.6 Å². The Morgan fingerprint density at radius 3 is 2.35 bits per heavy atom. The summed E-state index contributed by atoms with van der Waals surface area (Å²) in [5.74, 6) is -0.254. The van der Waals surface area contributed by atoms with Gasteiger partial charge in [0.1, 0.15) is 5.69 Å². The molecule has 0 radical (unpaired) electrons. The Balaban J connectivity index is 1.74. The van der Waals surface area contributed by atoms with Crippen molar-refractivity contribution in [2.45, 2.75) is 0 Å². The maximum atomic E-state index is 12.2. The van der Waals surface area contributed by atoms with Crippen LogP contribution in [0.25, 0.3) is 0 Å². The first-order valence-electron chi connectivity index (χ1n) is 7.06. The lowest BCUT2D eigenvalue weighted by molar-refractivity contribution is 0.102. The number of benzene rings is 2. The highest BCUT2D eigenvalue weighted by Gasteiger charge is 2.08. The van der Waals surface area contributed by atoms with Crippen molar-refractivity contribution >= 4 is 34.6 Å². The molecule has 0 aliphatic rings. The molecule has 2 aromatic carbocycles. The Morgan fingerprint density at radius 1 is 0.870 bits per heavy atom. The summed E-state index contributed by atoms with van der Waals surface area (Å²) in [6.07, 6.45) is 1.60. The van der Waals surface area contributed by atoms with Crippen molar-refractivity contribution in [3.63, 3.8) is 0 Å². The fourth-order valence-electron chi connectivity index (χ4n) is 2.05. The average Bonchev–Trinajstić information content (AvgIpc) is 2.58. The van der Waals surface area contributed by atoms with Crippen LogP contribution >= 0.6 is 11.6 Å². The predicted octanol–water partition coefficient (Wildman–Crippen LogP) is 4.73. The van der Waals surface area contributed by atoms with Crippen LogP contribution in [0.5, 0.6) is 0 Å². The SMILES string of the molecule is O=C(Nc1ccccc1)c1cc(Nc2ccc(Cl)cc2)ccn1. The number of aromatic nitrogens is 1. The minimum absolute atomic E-state index is 0.254. The van der Waals surface area contributed by atoms with E-state index in [0.717, 1.165) is 17.1 Å². The minimum atomic E-state index is -0.254. The highest BCUT2D eigenvalue weighted by molar-refractivity contribution is 6.30. The molecule has 1 amide bonds. The van der Waals surface area contributed by atoms with Gasteiger partial charge < -0.3 is 10.6 Å². The number of nitrogens with zero attached hydrogens (tertiary/aromatic N) is 1. The van der Waals surface area contributed by atoms with Crippen molar-refractivity contribution in [2.75, 3.05) is 10.6 Å². The number of para-hydroxylation sites is 1. The lowest BCUT2D eigenvalue weighted by atomic mass is 10.2. The second-order valence-electron chi connectivity index (χ2n) is 4.88. The second-order valence-corrected chi connectivity index (χ2v) is 5.32. The van der Waals surface area contributed by atoms with Gasteiger partial charge in [-0.25, -0.2) is 0 Å². The Kier molecular flexibility index (Phi) is 4.54. The molecule has 0 unspecified atom stereocenters. The molecule has 0 spiro atoms. The van der Waals surface area contributed by atoms with Crippen LogP contribution in [0, 0.1) is 0 Å². The van der Waals surface area contributed by atoms with Crippen LogP contribution < -0.4 is 10.6 Å². The van der Waals surface area contributed by atoms with Gasteiger partial charge >= 0.3 is 0 Å². The number of hydrogen-bond acceptors (Lipinski definition) is 3. The van der Waals surface area contributed by atoms with Crippen LogP contribution in [0.4, 0.5) is 17.1 Å². The van der Waals surface area contributed by atoms with E-state index in [1.807, 2.05) is 42.5 Å². The number of halogens is 1. The molecule has 2 N–H and O–H groups in total.